The predicted octanol–water partition coefficient (Wildman–Crippen LogP) is 0.674. The highest BCUT2D eigenvalue weighted by atomic mass is 16.2. The number of benzene rings is 1. The van der Waals surface area contributed by atoms with E-state index < -0.39 is 0 Å². The molecular weight excluding hydrogens is 278 g/mol. The maximum Gasteiger partial charge on any atom is 0.227 e. The molecule has 1 fully saturated rings. The Morgan fingerprint density at radius 1 is 1.23 bits per heavy atom. The molecule has 1 atom stereocenters. The van der Waals surface area contributed by atoms with E-state index in [1.54, 1.807) is 7.05 Å². The molecule has 0 bridgehead atoms. The highest BCUT2D eigenvalue weighted by Crippen LogP contribution is 2.13. The first-order valence-electron chi connectivity index (χ1n) is 7.73. The number of rotatable bonds is 3. The van der Waals surface area contributed by atoms with E-state index in [0.717, 1.165) is 17.7 Å². The largest absolute Gasteiger partial charge is 0.359 e. The zero-order valence-electron chi connectivity index (χ0n) is 13.6. The summed E-state index contributed by atoms with van der Waals surface area (Å²) in [5.74, 6) is -0.0701. The van der Waals surface area contributed by atoms with Gasteiger partial charge in [0.25, 0.3) is 0 Å². The molecule has 0 saturated carbocycles. The molecule has 1 saturated heterocycles. The van der Waals surface area contributed by atoms with Crippen molar-refractivity contribution in [3.05, 3.63) is 35.4 Å². The fraction of sp³-hybridized carbons (Fsp3) is 0.529. The van der Waals surface area contributed by atoms with E-state index in [-0.39, 0.29) is 17.7 Å². The van der Waals surface area contributed by atoms with Crippen molar-refractivity contribution in [1.82, 2.24) is 15.1 Å². The molecule has 1 aromatic carbocycles. The predicted molar refractivity (Wildman–Crippen MR) is 86.5 cm³/mol. The van der Waals surface area contributed by atoms with E-state index in [9.17, 15) is 9.59 Å². The lowest BCUT2D eigenvalue weighted by Gasteiger charge is -2.23. The van der Waals surface area contributed by atoms with Crippen molar-refractivity contribution < 1.29 is 9.59 Å². The Hall–Kier alpha value is -1.88. The number of likely N-dealkylation sites (N-methyl/N-ethyl adjacent to an activating group) is 1. The second-order valence-corrected chi connectivity index (χ2v) is 6.02. The summed E-state index contributed by atoms with van der Waals surface area (Å²) in [4.78, 5) is 28.5. The first-order chi connectivity index (χ1) is 10.5. The topological polar surface area (TPSA) is 52.7 Å². The molecule has 1 heterocycles. The van der Waals surface area contributed by atoms with Crippen LogP contribution in [0.5, 0.6) is 0 Å². The Morgan fingerprint density at radius 2 is 1.95 bits per heavy atom. The van der Waals surface area contributed by atoms with Gasteiger partial charge in [0.2, 0.25) is 11.8 Å². The maximum atomic E-state index is 12.6. The van der Waals surface area contributed by atoms with Crippen molar-refractivity contribution in [2.45, 2.75) is 13.3 Å². The first-order valence-corrected chi connectivity index (χ1v) is 7.73. The highest BCUT2D eigenvalue weighted by molar-refractivity contribution is 5.82. The Kier molecular flexibility index (Phi) is 5.55. The van der Waals surface area contributed by atoms with Crippen LogP contribution in [0.4, 0.5) is 0 Å². The van der Waals surface area contributed by atoms with Crippen molar-refractivity contribution in [2.75, 3.05) is 40.3 Å². The fourth-order valence-electron chi connectivity index (χ4n) is 2.85. The monoisotopic (exact) mass is 303 g/mol. The normalized spacial score (nSPS) is 19.6. The SMILES string of the molecule is CNC(=O)[C@@H]1CN(C)CCN(C(=O)Cc2ccccc2C)C1. The van der Waals surface area contributed by atoms with Crippen LogP contribution in [0.1, 0.15) is 11.1 Å². The molecule has 0 radical (unpaired) electrons. The fourth-order valence-corrected chi connectivity index (χ4v) is 2.85. The molecule has 1 aliphatic heterocycles. The Labute approximate surface area is 132 Å². The van der Waals surface area contributed by atoms with Gasteiger partial charge < -0.3 is 15.1 Å². The number of carbonyl (C=O) groups excluding carboxylic acids is 2. The van der Waals surface area contributed by atoms with Gasteiger partial charge in [-0.25, -0.2) is 0 Å². The van der Waals surface area contributed by atoms with E-state index in [1.807, 2.05) is 43.1 Å². The van der Waals surface area contributed by atoms with Gasteiger partial charge in [0, 0.05) is 33.2 Å². The molecule has 0 aromatic heterocycles. The summed E-state index contributed by atoms with van der Waals surface area (Å²) in [6.07, 6.45) is 0.400. The van der Waals surface area contributed by atoms with Crippen LogP contribution in [0.25, 0.3) is 0 Å². The standard InChI is InChI=1S/C17H25N3O2/c1-13-6-4-5-7-14(13)10-16(21)20-9-8-19(3)11-15(12-20)17(22)18-2/h4-7,15H,8-12H2,1-3H3,(H,18,22)/t15-/m1/s1. The van der Waals surface area contributed by atoms with Gasteiger partial charge in [-0.05, 0) is 25.1 Å². The molecule has 22 heavy (non-hydrogen) atoms. The number of nitrogens with zero attached hydrogens (tertiary/aromatic N) is 2. The molecule has 0 aliphatic carbocycles. The summed E-state index contributed by atoms with van der Waals surface area (Å²) < 4.78 is 0. The molecule has 1 aromatic rings. The second-order valence-electron chi connectivity index (χ2n) is 6.02. The Balaban J connectivity index is 2.07. The third-order valence-electron chi connectivity index (χ3n) is 4.30. The number of nitrogens with one attached hydrogen (secondary N) is 1. The van der Waals surface area contributed by atoms with Gasteiger partial charge in [0.05, 0.1) is 12.3 Å². The van der Waals surface area contributed by atoms with E-state index in [1.165, 1.54) is 0 Å². The van der Waals surface area contributed by atoms with Crippen LogP contribution in [0, 0.1) is 12.8 Å². The van der Waals surface area contributed by atoms with Gasteiger partial charge in [-0.2, -0.15) is 0 Å². The van der Waals surface area contributed by atoms with Gasteiger partial charge in [-0.15, -0.1) is 0 Å². The van der Waals surface area contributed by atoms with Crippen molar-refractivity contribution in [3.63, 3.8) is 0 Å². The lowest BCUT2D eigenvalue weighted by Crippen LogP contribution is -2.41. The highest BCUT2D eigenvalue weighted by Gasteiger charge is 2.28. The Bertz CT molecular complexity index is 544. The molecule has 1 aliphatic rings. The number of aryl methyl sites for hydroxylation is 1. The van der Waals surface area contributed by atoms with Crippen LogP contribution in [0.2, 0.25) is 0 Å². The first kappa shape index (κ1) is 16.5. The smallest absolute Gasteiger partial charge is 0.227 e. The van der Waals surface area contributed by atoms with Gasteiger partial charge in [-0.1, -0.05) is 24.3 Å². The van der Waals surface area contributed by atoms with Gasteiger partial charge in [-0.3, -0.25) is 9.59 Å². The minimum atomic E-state index is -0.168. The molecule has 5 heteroatoms. The van der Waals surface area contributed by atoms with Crippen LogP contribution in [-0.4, -0.2) is 61.9 Å². The van der Waals surface area contributed by atoms with Crippen LogP contribution < -0.4 is 5.32 Å². The minimum Gasteiger partial charge on any atom is -0.359 e. The van der Waals surface area contributed by atoms with E-state index in [0.29, 0.717) is 26.1 Å². The summed E-state index contributed by atoms with van der Waals surface area (Å²) in [5.41, 5.74) is 2.19. The van der Waals surface area contributed by atoms with Gasteiger partial charge >= 0.3 is 0 Å². The van der Waals surface area contributed by atoms with Crippen molar-refractivity contribution in [2.24, 2.45) is 5.92 Å². The van der Waals surface area contributed by atoms with Crippen molar-refractivity contribution in [3.8, 4) is 0 Å². The summed E-state index contributed by atoms with van der Waals surface area (Å²) in [7, 11) is 3.64. The summed E-state index contributed by atoms with van der Waals surface area (Å²) in [6, 6.07) is 7.95. The summed E-state index contributed by atoms with van der Waals surface area (Å²) in [6.45, 7) is 4.68. The molecule has 2 rings (SSSR count). The van der Waals surface area contributed by atoms with E-state index in [2.05, 4.69) is 10.2 Å². The van der Waals surface area contributed by atoms with Gasteiger partial charge in [0.1, 0.15) is 0 Å². The molecule has 120 valence electrons. The van der Waals surface area contributed by atoms with Crippen molar-refractivity contribution >= 4 is 11.8 Å². The van der Waals surface area contributed by atoms with E-state index >= 15 is 0 Å². The zero-order valence-corrected chi connectivity index (χ0v) is 13.6. The third kappa shape index (κ3) is 4.07. The number of hydrogen-bond donors (Lipinski definition) is 1. The number of amides is 2. The molecule has 2 amide bonds. The van der Waals surface area contributed by atoms with Crippen LogP contribution in [0.3, 0.4) is 0 Å². The number of hydrogen-bond acceptors (Lipinski definition) is 3. The zero-order chi connectivity index (χ0) is 16.1. The molecule has 0 spiro atoms. The number of carbonyl (C=O) groups is 2. The molecular formula is C17H25N3O2. The van der Waals surface area contributed by atoms with Crippen LogP contribution in [-0.2, 0) is 16.0 Å². The average molecular weight is 303 g/mol. The summed E-state index contributed by atoms with van der Waals surface area (Å²) >= 11 is 0. The summed E-state index contributed by atoms with van der Waals surface area (Å²) in [5, 5.41) is 2.70. The average Bonchev–Trinajstić information content (AvgIpc) is 2.70. The molecule has 5 nitrogen and oxygen atoms in total. The minimum absolute atomic E-state index is 0.00226. The quantitative estimate of drug-likeness (QED) is 0.893. The van der Waals surface area contributed by atoms with Crippen molar-refractivity contribution in [1.29, 1.82) is 0 Å². The lowest BCUT2D eigenvalue weighted by molar-refractivity contribution is -0.132. The second kappa shape index (κ2) is 7.40. The Morgan fingerprint density at radius 3 is 2.64 bits per heavy atom. The third-order valence-corrected chi connectivity index (χ3v) is 4.30. The lowest BCUT2D eigenvalue weighted by atomic mass is 10.0. The van der Waals surface area contributed by atoms with Crippen LogP contribution in [0.15, 0.2) is 24.3 Å². The van der Waals surface area contributed by atoms with Gasteiger partial charge in [0.15, 0.2) is 0 Å². The maximum absolute atomic E-state index is 12.6. The molecule has 0 unspecified atom stereocenters. The van der Waals surface area contributed by atoms with E-state index in [4.69, 9.17) is 0 Å². The molecule has 1 N–H and O–H groups in total. The van der Waals surface area contributed by atoms with Crippen LogP contribution >= 0.6 is 0 Å².